The van der Waals surface area contributed by atoms with Crippen molar-refractivity contribution < 1.29 is 13.2 Å². The predicted octanol–water partition coefficient (Wildman–Crippen LogP) is 3.17. The highest BCUT2D eigenvalue weighted by Crippen LogP contribution is 2.22. The van der Waals surface area contributed by atoms with Crippen LogP contribution in [-0.4, -0.2) is 4.98 Å². The van der Waals surface area contributed by atoms with Crippen LogP contribution in [0.2, 0.25) is 0 Å². The zero-order chi connectivity index (χ0) is 10.8. The molecule has 0 aliphatic heterocycles. The fourth-order valence-electron chi connectivity index (χ4n) is 1.31. The number of hydrogen-bond acceptors (Lipinski definition) is 1. The SMILES string of the molecule is Fc1cc(F)cc(-c2cccnc2F)c1. The number of benzene rings is 1. The second-order valence-corrected chi connectivity index (χ2v) is 3.00. The Balaban J connectivity index is 2.59. The van der Waals surface area contributed by atoms with E-state index >= 15 is 0 Å². The van der Waals surface area contributed by atoms with E-state index in [0.29, 0.717) is 0 Å². The van der Waals surface area contributed by atoms with Gasteiger partial charge in [-0.2, -0.15) is 4.39 Å². The van der Waals surface area contributed by atoms with Gasteiger partial charge in [0.25, 0.3) is 0 Å². The molecule has 2 rings (SSSR count). The Kier molecular flexibility index (Phi) is 2.41. The molecule has 0 N–H and O–H groups in total. The molecule has 4 heteroatoms. The number of nitrogens with zero attached hydrogens (tertiary/aromatic N) is 1. The number of halogens is 3. The maximum absolute atomic E-state index is 13.2. The molecule has 0 spiro atoms. The molecule has 2 aromatic rings. The van der Waals surface area contributed by atoms with E-state index < -0.39 is 17.6 Å². The Hall–Kier alpha value is -1.84. The summed E-state index contributed by atoms with van der Waals surface area (Å²) in [5.41, 5.74) is 0.217. The lowest BCUT2D eigenvalue weighted by Gasteiger charge is -2.02. The van der Waals surface area contributed by atoms with Crippen LogP contribution in [0.1, 0.15) is 0 Å². The van der Waals surface area contributed by atoms with Crippen molar-refractivity contribution in [3.8, 4) is 11.1 Å². The van der Waals surface area contributed by atoms with Gasteiger partial charge in [-0.25, -0.2) is 13.8 Å². The minimum absolute atomic E-state index is 0.0795. The van der Waals surface area contributed by atoms with Crippen LogP contribution in [0.15, 0.2) is 36.5 Å². The van der Waals surface area contributed by atoms with Crippen molar-refractivity contribution in [2.24, 2.45) is 0 Å². The predicted molar refractivity (Wildman–Crippen MR) is 49.5 cm³/mol. The highest BCUT2D eigenvalue weighted by Gasteiger charge is 2.07. The van der Waals surface area contributed by atoms with Crippen LogP contribution in [0.25, 0.3) is 11.1 Å². The summed E-state index contributed by atoms with van der Waals surface area (Å²) in [4.78, 5) is 3.40. The second-order valence-electron chi connectivity index (χ2n) is 3.00. The maximum atomic E-state index is 13.2. The van der Waals surface area contributed by atoms with Crippen molar-refractivity contribution in [1.29, 1.82) is 0 Å². The third-order valence-electron chi connectivity index (χ3n) is 1.93. The van der Waals surface area contributed by atoms with E-state index in [2.05, 4.69) is 4.98 Å². The van der Waals surface area contributed by atoms with E-state index in [0.717, 1.165) is 18.2 Å². The number of pyridine rings is 1. The molecule has 76 valence electrons. The van der Waals surface area contributed by atoms with Gasteiger partial charge in [0.1, 0.15) is 11.6 Å². The average Bonchev–Trinajstić information content (AvgIpc) is 2.16. The van der Waals surface area contributed by atoms with Gasteiger partial charge in [-0.05, 0) is 29.8 Å². The summed E-state index contributed by atoms with van der Waals surface area (Å²) < 4.78 is 38.9. The molecular formula is C11H6F3N. The second kappa shape index (κ2) is 3.73. The minimum atomic E-state index is -0.748. The summed E-state index contributed by atoms with van der Waals surface area (Å²) in [6, 6.07) is 5.77. The van der Waals surface area contributed by atoms with Crippen molar-refractivity contribution in [3.05, 3.63) is 54.1 Å². The smallest absolute Gasteiger partial charge is 0.220 e. The molecule has 0 aliphatic rings. The summed E-state index contributed by atoms with van der Waals surface area (Å²) in [5.74, 6) is -2.23. The Morgan fingerprint density at radius 1 is 0.933 bits per heavy atom. The molecule has 1 aromatic heterocycles. The van der Waals surface area contributed by atoms with Crippen LogP contribution in [0, 0.1) is 17.6 Å². The van der Waals surface area contributed by atoms with Gasteiger partial charge in [0, 0.05) is 17.8 Å². The van der Waals surface area contributed by atoms with E-state index in [1.54, 1.807) is 0 Å². The van der Waals surface area contributed by atoms with Crippen LogP contribution in [0.4, 0.5) is 13.2 Å². The molecule has 0 bridgehead atoms. The molecule has 0 amide bonds. The monoisotopic (exact) mass is 209 g/mol. The Labute approximate surface area is 84.2 Å². The molecule has 0 unspecified atom stereocenters. The maximum Gasteiger partial charge on any atom is 0.220 e. The summed E-state index contributed by atoms with van der Waals surface area (Å²) >= 11 is 0. The molecule has 15 heavy (non-hydrogen) atoms. The van der Waals surface area contributed by atoms with Crippen LogP contribution >= 0.6 is 0 Å². The summed E-state index contributed by atoms with van der Waals surface area (Å²) in [6.07, 6.45) is 1.27. The quantitative estimate of drug-likeness (QED) is 0.657. The third-order valence-corrected chi connectivity index (χ3v) is 1.93. The molecule has 0 saturated heterocycles. The highest BCUT2D eigenvalue weighted by molar-refractivity contribution is 5.62. The molecule has 0 fully saturated rings. The van der Waals surface area contributed by atoms with E-state index in [4.69, 9.17) is 0 Å². The molecule has 0 aliphatic carbocycles. The van der Waals surface area contributed by atoms with Gasteiger partial charge in [0.15, 0.2) is 0 Å². The van der Waals surface area contributed by atoms with Crippen LogP contribution < -0.4 is 0 Å². The Bertz CT molecular complexity index is 477. The molecule has 0 saturated carbocycles. The molecular weight excluding hydrogens is 203 g/mol. The van der Waals surface area contributed by atoms with Crippen molar-refractivity contribution in [2.75, 3.05) is 0 Å². The van der Waals surface area contributed by atoms with Gasteiger partial charge in [-0.1, -0.05) is 0 Å². The van der Waals surface area contributed by atoms with Crippen molar-refractivity contribution in [3.63, 3.8) is 0 Å². The van der Waals surface area contributed by atoms with Gasteiger partial charge in [-0.3, -0.25) is 0 Å². The summed E-state index contributed by atoms with van der Waals surface area (Å²) in [6.45, 7) is 0. The fourth-order valence-corrected chi connectivity index (χ4v) is 1.31. The van der Waals surface area contributed by atoms with Crippen molar-refractivity contribution in [2.45, 2.75) is 0 Å². The van der Waals surface area contributed by atoms with Crippen LogP contribution in [0.5, 0.6) is 0 Å². The highest BCUT2D eigenvalue weighted by atomic mass is 19.1. The first-order chi connectivity index (χ1) is 7.16. The van der Waals surface area contributed by atoms with Gasteiger partial charge in [0.2, 0.25) is 5.95 Å². The van der Waals surface area contributed by atoms with E-state index in [9.17, 15) is 13.2 Å². The van der Waals surface area contributed by atoms with E-state index in [1.807, 2.05) is 0 Å². The third kappa shape index (κ3) is 1.98. The Morgan fingerprint density at radius 2 is 1.60 bits per heavy atom. The lowest BCUT2D eigenvalue weighted by Crippen LogP contribution is -1.89. The number of hydrogen-bond donors (Lipinski definition) is 0. The topological polar surface area (TPSA) is 12.9 Å². The number of aromatic nitrogens is 1. The Morgan fingerprint density at radius 3 is 2.20 bits per heavy atom. The molecule has 0 radical (unpaired) electrons. The lowest BCUT2D eigenvalue weighted by molar-refractivity contribution is 0.579. The summed E-state index contributed by atoms with van der Waals surface area (Å²) in [5, 5.41) is 0. The molecule has 0 atom stereocenters. The number of rotatable bonds is 1. The first-order valence-corrected chi connectivity index (χ1v) is 4.24. The van der Waals surface area contributed by atoms with Crippen molar-refractivity contribution in [1.82, 2.24) is 4.98 Å². The van der Waals surface area contributed by atoms with Gasteiger partial charge >= 0.3 is 0 Å². The van der Waals surface area contributed by atoms with Gasteiger partial charge < -0.3 is 0 Å². The largest absolute Gasteiger partial charge is 0.228 e. The van der Waals surface area contributed by atoms with Crippen molar-refractivity contribution >= 4 is 0 Å². The van der Waals surface area contributed by atoms with Gasteiger partial charge in [-0.15, -0.1) is 0 Å². The van der Waals surface area contributed by atoms with Crippen LogP contribution in [0.3, 0.4) is 0 Å². The zero-order valence-corrected chi connectivity index (χ0v) is 7.55. The standard InChI is InChI=1S/C11H6F3N/c12-8-4-7(5-9(13)6-8)10-2-1-3-15-11(10)14/h1-6H. The van der Waals surface area contributed by atoms with Gasteiger partial charge in [0.05, 0.1) is 0 Å². The van der Waals surface area contributed by atoms with E-state index in [1.165, 1.54) is 18.3 Å². The first-order valence-electron chi connectivity index (χ1n) is 4.24. The average molecular weight is 209 g/mol. The normalized spacial score (nSPS) is 10.3. The lowest BCUT2D eigenvalue weighted by atomic mass is 10.1. The summed E-state index contributed by atoms with van der Waals surface area (Å²) in [7, 11) is 0. The molecule has 1 heterocycles. The first kappa shape index (κ1) is 9.71. The molecule has 1 nitrogen and oxygen atoms in total. The van der Waals surface area contributed by atoms with E-state index in [-0.39, 0.29) is 11.1 Å². The molecule has 1 aromatic carbocycles. The zero-order valence-electron chi connectivity index (χ0n) is 7.55. The van der Waals surface area contributed by atoms with Crippen LogP contribution in [-0.2, 0) is 0 Å². The minimum Gasteiger partial charge on any atom is -0.228 e. The fraction of sp³-hybridized carbons (Fsp3) is 0.